The van der Waals surface area contributed by atoms with Crippen LogP contribution in [0.5, 0.6) is 0 Å². The highest BCUT2D eigenvalue weighted by atomic mass is 35.5. The monoisotopic (exact) mass is 422 g/mol. The number of hydrogen-bond donors (Lipinski definition) is 1. The third-order valence-corrected chi connectivity index (χ3v) is 6.61. The van der Waals surface area contributed by atoms with Crippen LogP contribution >= 0.6 is 11.6 Å². The fourth-order valence-electron chi connectivity index (χ4n) is 3.91. The van der Waals surface area contributed by atoms with E-state index in [1.54, 1.807) is 18.0 Å². The van der Waals surface area contributed by atoms with Gasteiger partial charge in [-0.05, 0) is 55.5 Å². The number of aromatic nitrogens is 2. The molecule has 156 valence electrons. The number of carbonyl (C=O) groups excluding carboxylic acids is 1. The second-order valence-electron chi connectivity index (χ2n) is 8.29. The van der Waals surface area contributed by atoms with Crippen LogP contribution in [0.4, 0.5) is 0 Å². The molecule has 1 N–H and O–H groups in total. The first-order valence-corrected chi connectivity index (χ1v) is 10.8. The van der Waals surface area contributed by atoms with Crippen LogP contribution in [-0.4, -0.2) is 39.2 Å². The Morgan fingerprint density at radius 1 is 1.30 bits per heavy atom. The zero-order valence-corrected chi connectivity index (χ0v) is 18.2. The first kappa shape index (κ1) is 20.6. The van der Waals surface area contributed by atoms with Gasteiger partial charge in [-0.1, -0.05) is 36.2 Å². The second kappa shape index (κ2) is 8.60. The number of carbonyl (C=O) groups is 1. The van der Waals surface area contributed by atoms with Crippen molar-refractivity contribution in [3.63, 3.8) is 0 Å². The number of halogens is 1. The maximum atomic E-state index is 13.0. The molecule has 1 aliphatic carbocycles. The molecular formula is C24H27ClN4O. The minimum Gasteiger partial charge on any atom is -0.339 e. The minimum atomic E-state index is -0.0644. The van der Waals surface area contributed by atoms with Crippen LogP contribution in [0.15, 0.2) is 48.8 Å². The number of rotatable bonds is 7. The Morgan fingerprint density at radius 3 is 2.77 bits per heavy atom. The molecule has 6 heteroatoms. The predicted molar refractivity (Wildman–Crippen MR) is 122 cm³/mol. The van der Waals surface area contributed by atoms with E-state index < -0.39 is 0 Å². The number of hydrogen-bond acceptors (Lipinski definition) is 3. The van der Waals surface area contributed by atoms with Gasteiger partial charge < -0.3 is 14.9 Å². The molecule has 4 rings (SSSR count). The van der Waals surface area contributed by atoms with Gasteiger partial charge in [0.25, 0.3) is 5.91 Å². The molecular weight excluding hydrogens is 396 g/mol. The molecule has 0 saturated heterocycles. The summed E-state index contributed by atoms with van der Waals surface area (Å²) in [5, 5.41) is 8.83. The summed E-state index contributed by atoms with van der Waals surface area (Å²) in [5.74, 6) is 0.356. The Labute approximate surface area is 182 Å². The quantitative estimate of drug-likeness (QED) is 0.517. The fourth-order valence-corrected chi connectivity index (χ4v) is 4.15. The fraction of sp³-hybridized carbons (Fsp3) is 0.375. The molecule has 0 unspecified atom stereocenters. The van der Waals surface area contributed by atoms with E-state index in [0.717, 1.165) is 35.2 Å². The number of amides is 1. The van der Waals surface area contributed by atoms with Gasteiger partial charge >= 0.3 is 0 Å². The normalized spacial score (nSPS) is 15.0. The number of para-hydroxylation sites is 2. The van der Waals surface area contributed by atoms with Crippen molar-refractivity contribution in [1.82, 2.24) is 14.5 Å². The van der Waals surface area contributed by atoms with Gasteiger partial charge in [0, 0.05) is 35.8 Å². The number of fused-ring (bicyclic) bond motifs is 1. The predicted octanol–water partition coefficient (Wildman–Crippen LogP) is 5.41. The van der Waals surface area contributed by atoms with E-state index in [-0.39, 0.29) is 11.9 Å². The molecule has 1 aliphatic rings. The van der Waals surface area contributed by atoms with Crippen molar-refractivity contribution in [2.75, 3.05) is 7.05 Å². The van der Waals surface area contributed by atoms with E-state index in [1.165, 1.54) is 6.42 Å². The Kier molecular flexibility index (Phi) is 5.91. The molecule has 5 nitrogen and oxygen atoms in total. The Bertz CT molecular complexity index is 1090. The zero-order chi connectivity index (χ0) is 21.3. The van der Waals surface area contributed by atoms with E-state index in [4.69, 9.17) is 17.0 Å². The summed E-state index contributed by atoms with van der Waals surface area (Å²) in [4.78, 5) is 19.1. The second-order valence-corrected chi connectivity index (χ2v) is 8.70. The highest BCUT2D eigenvalue weighted by molar-refractivity contribution is 6.31. The summed E-state index contributed by atoms with van der Waals surface area (Å²) in [7, 11) is 1.81. The third kappa shape index (κ3) is 4.12. The van der Waals surface area contributed by atoms with Gasteiger partial charge in [-0.25, -0.2) is 4.98 Å². The molecule has 1 saturated carbocycles. The summed E-state index contributed by atoms with van der Waals surface area (Å²) in [5.41, 5.74) is 4.29. The smallest absolute Gasteiger partial charge is 0.253 e. The lowest BCUT2D eigenvalue weighted by Gasteiger charge is -2.31. The molecule has 0 spiro atoms. The third-order valence-electron chi connectivity index (χ3n) is 6.26. The number of imidazole rings is 1. The molecule has 2 aromatic carbocycles. The molecule has 1 fully saturated rings. The van der Waals surface area contributed by atoms with Crippen molar-refractivity contribution in [2.45, 2.75) is 45.2 Å². The molecule has 0 aliphatic heterocycles. The molecule has 0 bridgehead atoms. The van der Waals surface area contributed by atoms with Crippen LogP contribution in [0.3, 0.4) is 0 Å². The van der Waals surface area contributed by atoms with E-state index >= 15 is 0 Å². The number of nitrogens with one attached hydrogen (secondary N) is 1. The van der Waals surface area contributed by atoms with E-state index in [2.05, 4.69) is 9.55 Å². The van der Waals surface area contributed by atoms with E-state index in [9.17, 15) is 4.79 Å². The number of nitrogens with zero attached hydrogens (tertiary/aromatic N) is 3. The molecule has 1 heterocycles. The Morgan fingerprint density at radius 2 is 2.07 bits per heavy atom. The Hall–Kier alpha value is -2.66. The van der Waals surface area contributed by atoms with E-state index in [0.29, 0.717) is 29.5 Å². The lowest BCUT2D eigenvalue weighted by atomic mass is 9.80. The van der Waals surface area contributed by atoms with Gasteiger partial charge in [-0.15, -0.1) is 0 Å². The molecule has 3 aromatic rings. The largest absolute Gasteiger partial charge is 0.339 e. The van der Waals surface area contributed by atoms with Crippen molar-refractivity contribution in [1.29, 1.82) is 5.41 Å². The molecule has 1 atom stereocenters. The average molecular weight is 423 g/mol. The van der Waals surface area contributed by atoms with Crippen molar-refractivity contribution < 1.29 is 4.79 Å². The van der Waals surface area contributed by atoms with Crippen LogP contribution in [0, 0.1) is 11.3 Å². The minimum absolute atomic E-state index is 0.0126. The van der Waals surface area contributed by atoms with Gasteiger partial charge in [0.05, 0.1) is 23.9 Å². The van der Waals surface area contributed by atoms with Crippen LogP contribution in [-0.2, 0) is 6.54 Å². The van der Waals surface area contributed by atoms with Gasteiger partial charge in [-0.3, -0.25) is 4.79 Å². The summed E-state index contributed by atoms with van der Waals surface area (Å²) in [6.07, 6.45) is 5.90. The average Bonchev–Trinajstić information content (AvgIpc) is 3.10. The summed E-state index contributed by atoms with van der Waals surface area (Å²) in [6, 6.07) is 13.5. The first-order valence-electron chi connectivity index (χ1n) is 10.5. The van der Waals surface area contributed by atoms with Crippen LogP contribution < -0.4 is 0 Å². The van der Waals surface area contributed by atoms with Crippen molar-refractivity contribution in [3.05, 3.63) is 64.9 Å². The maximum Gasteiger partial charge on any atom is 0.253 e. The maximum absolute atomic E-state index is 13.0. The lowest BCUT2D eigenvalue weighted by Crippen LogP contribution is -2.38. The zero-order valence-electron chi connectivity index (χ0n) is 17.4. The van der Waals surface area contributed by atoms with Crippen molar-refractivity contribution in [3.8, 4) is 0 Å². The van der Waals surface area contributed by atoms with Gasteiger partial charge in [-0.2, -0.15) is 0 Å². The highest BCUT2D eigenvalue weighted by Crippen LogP contribution is 2.29. The molecule has 0 radical (unpaired) electrons. The van der Waals surface area contributed by atoms with Gasteiger partial charge in [0.2, 0.25) is 0 Å². The van der Waals surface area contributed by atoms with E-state index in [1.807, 2.05) is 49.6 Å². The summed E-state index contributed by atoms with van der Waals surface area (Å²) >= 11 is 6.54. The Balaban J connectivity index is 1.45. The lowest BCUT2D eigenvalue weighted by molar-refractivity contribution is 0.0746. The molecule has 1 amide bonds. The molecule has 1 aromatic heterocycles. The van der Waals surface area contributed by atoms with Gasteiger partial charge in [0.1, 0.15) is 0 Å². The van der Waals surface area contributed by atoms with Crippen LogP contribution in [0.2, 0.25) is 5.02 Å². The SMILES string of the molecule is C[C@H](CC(=N)C1CCC1)N(C)C(=O)c1ccc(Cn2cnc3ccccc32)c(Cl)c1. The summed E-state index contributed by atoms with van der Waals surface area (Å²) < 4.78 is 2.05. The highest BCUT2D eigenvalue weighted by Gasteiger charge is 2.26. The summed E-state index contributed by atoms with van der Waals surface area (Å²) in [6.45, 7) is 2.60. The van der Waals surface area contributed by atoms with Gasteiger partial charge in [0.15, 0.2) is 0 Å². The van der Waals surface area contributed by atoms with Crippen molar-refractivity contribution >= 4 is 34.3 Å². The van der Waals surface area contributed by atoms with Crippen molar-refractivity contribution in [2.24, 2.45) is 5.92 Å². The topological polar surface area (TPSA) is 62.0 Å². The molecule has 30 heavy (non-hydrogen) atoms. The number of benzene rings is 2. The first-order chi connectivity index (χ1) is 14.4. The standard InChI is InChI=1S/C24H27ClN4O/c1-16(12-21(26)17-6-5-7-17)28(2)24(30)18-10-11-19(20(25)13-18)14-29-15-27-22-8-3-4-9-23(22)29/h3-4,8-11,13,15-17,26H,5-7,12,14H2,1-2H3/t16-/m1/s1. The van der Waals surface area contributed by atoms with Crippen LogP contribution in [0.25, 0.3) is 11.0 Å². The van der Waals surface area contributed by atoms with Crippen LogP contribution in [0.1, 0.15) is 48.5 Å².